The Kier molecular flexibility index (Phi) is 5.65. The molecule has 1 aromatic carbocycles. The highest BCUT2D eigenvalue weighted by atomic mass is 79.9. The van der Waals surface area contributed by atoms with Gasteiger partial charge in [-0.2, -0.15) is 0 Å². The molecular weight excluding hydrogens is 351 g/mol. The molecule has 0 saturated heterocycles. The third-order valence-corrected chi connectivity index (χ3v) is 3.11. The Bertz CT molecular complexity index is 593. The highest BCUT2D eigenvalue weighted by Crippen LogP contribution is 2.24. The molecule has 1 atom stereocenters. The predicted octanol–water partition coefficient (Wildman–Crippen LogP) is 1.95. The summed E-state index contributed by atoms with van der Waals surface area (Å²) in [5.41, 5.74) is 0.691. The SMILES string of the molecule is Cc1cc(F)c(Br)cc1NC(=O)N[C@H](CC(=O)O)C(=O)O. The van der Waals surface area contributed by atoms with Crippen molar-refractivity contribution in [3.05, 3.63) is 28.0 Å². The molecule has 0 fully saturated rings. The van der Waals surface area contributed by atoms with E-state index >= 15 is 0 Å². The first-order valence-electron chi connectivity index (χ1n) is 5.68. The van der Waals surface area contributed by atoms with Gasteiger partial charge in [0.05, 0.1) is 10.9 Å². The van der Waals surface area contributed by atoms with Crippen molar-refractivity contribution >= 4 is 39.6 Å². The van der Waals surface area contributed by atoms with Crippen LogP contribution >= 0.6 is 15.9 Å². The first-order chi connectivity index (χ1) is 9.70. The standard InChI is InChI=1S/C12H12BrFN2O5/c1-5-2-7(14)6(13)3-8(5)15-12(21)16-9(11(19)20)4-10(17)18/h2-3,9H,4H2,1H3,(H,17,18)(H,19,20)(H2,15,16,21)/t9-/m1/s1. The molecule has 1 aromatic rings. The second-order valence-electron chi connectivity index (χ2n) is 4.17. The van der Waals surface area contributed by atoms with Gasteiger partial charge in [-0.3, -0.25) is 4.79 Å². The summed E-state index contributed by atoms with van der Waals surface area (Å²) < 4.78 is 13.4. The van der Waals surface area contributed by atoms with Gasteiger partial charge in [0, 0.05) is 5.69 Å². The van der Waals surface area contributed by atoms with Crippen molar-refractivity contribution in [3.8, 4) is 0 Å². The average molecular weight is 363 g/mol. The Morgan fingerprint density at radius 1 is 1.33 bits per heavy atom. The summed E-state index contributed by atoms with van der Waals surface area (Å²) in [6.07, 6.45) is -0.755. The minimum Gasteiger partial charge on any atom is -0.481 e. The van der Waals surface area contributed by atoms with Crippen LogP contribution in [-0.2, 0) is 9.59 Å². The monoisotopic (exact) mass is 362 g/mol. The van der Waals surface area contributed by atoms with E-state index in [1.165, 1.54) is 12.1 Å². The molecule has 0 bridgehead atoms. The van der Waals surface area contributed by atoms with Gasteiger partial charge in [-0.25, -0.2) is 14.0 Å². The predicted molar refractivity (Wildman–Crippen MR) is 74.7 cm³/mol. The number of halogens is 2. The number of amides is 2. The van der Waals surface area contributed by atoms with Crippen LogP contribution in [0.15, 0.2) is 16.6 Å². The zero-order valence-corrected chi connectivity index (χ0v) is 12.4. The minimum atomic E-state index is -1.56. The smallest absolute Gasteiger partial charge is 0.326 e. The number of carboxylic acid groups (broad SMARTS) is 2. The van der Waals surface area contributed by atoms with Crippen LogP contribution in [0.4, 0.5) is 14.9 Å². The number of nitrogens with one attached hydrogen (secondary N) is 2. The van der Waals surface area contributed by atoms with Gasteiger partial charge < -0.3 is 20.8 Å². The Balaban J connectivity index is 2.79. The van der Waals surface area contributed by atoms with Crippen molar-refractivity contribution in [2.24, 2.45) is 0 Å². The molecule has 0 saturated carbocycles. The summed E-state index contributed by atoms with van der Waals surface area (Å²) in [7, 11) is 0. The molecule has 0 spiro atoms. The fourth-order valence-corrected chi connectivity index (χ4v) is 1.82. The van der Waals surface area contributed by atoms with E-state index in [1.807, 2.05) is 5.32 Å². The number of rotatable bonds is 5. The number of aliphatic carboxylic acids is 2. The highest BCUT2D eigenvalue weighted by Gasteiger charge is 2.23. The zero-order valence-electron chi connectivity index (χ0n) is 10.8. The van der Waals surface area contributed by atoms with Crippen LogP contribution in [0.25, 0.3) is 0 Å². The number of benzene rings is 1. The molecule has 21 heavy (non-hydrogen) atoms. The third kappa shape index (κ3) is 5.03. The van der Waals surface area contributed by atoms with Crippen LogP contribution in [0, 0.1) is 12.7 Å². The number of carbonyl (C=O) groups is 3. The van der Waals surface area contributed by atoms with Gasteiger partial charge in [0.15, 0.2) is 0 Å². The van der Waals surface area contributed by atoms with Crippen LogP contribution in [-0.4, -0.2) is 34.2 Å². The average Bonchev–Trinajstić information content (AvgIpc) is 2.34. The normalized spacial score (nSPS) is 11.6. The van der Waals surface area contributed by atoms with E-state index in [0.29, 0.717) is 5.56 Å². The molecule has 4 N–H and O–H groups in total. The fraction of sp³-hybridized carbons (Fsp3) is 0.250. The Morgan fingerprint density at radius 3 is 2.48 bits per heavy atom. The molecule has 114 valence electrons. The van der Waals surface area contributed by atoms with Crippen LogP contribution in [0.1, 0.15) is 12.0 Å². The van der Waals surface area contributed by atoms with Crippen LogP contribution in [0.2, 0.25) is 0 Å². The lowest BCUT2D eigenvalue weighted by Crippen LogP contribution is -2.44. The third-order valence-electron chi connectivity index (χ3n) is 2.50. The quantitative estimate of drug-likeness (QED) is 0.638. The van der Waals surface area contributed by atoms with Gasteiger partial charge in [-0.15, -0.1) is 0 Å². The van der Waals surface area contributed by atoms with Crippen molar-refractivity contribution in [2.75, 3.05) is 5.32 Å². The van der Waals surface area contributed by atoms with E-state index in [9.17, 15) is 18.8 Å². The van der Waals surface area contributed by atoms with Gasteiger partial charge >= 0.3 is 18.0 Å². The Morgan fingerprint density at radius 2 is 1.95 bits per heavy atom. The number of carboxylic acids is 2. The van der Waals surface area contributed by atoms with Gasteiger partial charge in [-0.1, -0.05) is 0 Å². The summed E-state index contributed by atoms with van der Waals surface area (Å²) in [5.74, 6) is -3.33. The van der Waals surface area contributed by atoms with E-state index in [-0.39, 0.29) is 10.2 Å². The maximum Gasteiger partial charge on any atom is 0.326 e. The van der Waals surface area contributed by atoms with E-state index in [0.717, 1.165) is 0 Å². The lowest BCUT2D eigenvalue weighted by atomic mass is 10.2. The maximum absolute atomic E-state index is 13.2. The van der Waals surface area contributed by atoms with Crippen molar-refractivity contribution in [2.45, 2.75) is 19.4 Å². The van der Waals surface area contributed by atoms with E-state index < -0.39 is 36.2 Å². The van der Waals surface area contributed by atoms with Gasteiger partial charge in [-0.05, 0) is 40.5 Å². The van der Waals surface area contributed by atoms with Crippen LogP contribution in [0.5, 0.6) is 0 Å². The van der Waals surface area contributed by atoms with Crippen LogP contribution < -0.4 is 10.6 Å². The summed E-state index contributed by atoms with van der Waals surface area (Å²) in [6.45, 7) is 1.55. The molecule has 0 aromatic heterocycles. The number of carbonyl (C=O) groups excluding carboxylic acids is 1. The second-order valence-corrected chi connectivity index (χ2v) is 5.02. The number of urea groups is 1. The molecular formula is C12H12BrFN2O5. The van der Waals surface area contributed by atoms with E-state index in [2.05, 4.69) is 21.2 Å². The minimum absolute atomic E-state index is 0.128. The summed E-state index contributed by atoms with van der Waals surface area (Å²) in [4.78, 5) is 33.0. The summed E-state index contributed by atoms with van der Waals surface area (Å²) in [6, 6.07) is 0.0417. The van der Waals surface area contributed by atoms with Crippen LogP contribution in [0.3, 0.4) is 0 Å². The number of hydrogen-bond donors (Lipinski definition) is 4. The Hall–Kier alpha value is -2.16. The molecule has 0 radical (unpaired) electrons. The molecule has 0 aliphatic carbocycles. The second kappa shape index (κ2) is 7.02. The fourth-order valence-electron chi connectivity index (χ4n) is 1.47. The number of hydrogen-bond acceptors (Lipinski definition) is 3. The van der Waals surface area contributed by atoms with Crippen molar-refractivity contribution in [1.82, 2.24) is 5.32 Å². The topological polar surface area (TPSA) is 116 Å². The van der Waals surface area contributed by atoms with E-state index in [1.54, 1.807) is 6.92 Å². The molecule has 0 aliphatic rings. The number of anilines is 1. The largest absolute Gasteiger partial charge is 0.481 e. The first kappa shape index (κ1) is 16.9. The maximum atomic E-state index is 13.2. The Labute approximate surface area is 127 Å². The molecule has 7 nitrogen and oxygen atoms in total. The summed E-state index contributed by atoms with van der Waals surface area (Å²) in [5, 5.41) is 21.7. The van der Waals surface area contributed by atoms with Crippen molar-refractivity contribution in [3.63, 3.8) is 0 Å². The van der Waals surface area contributed by atoms with E-state index in [4.69, 9.17) is 10.2 Å². The molecule has 1 rings (SSSR count). The zero-order chi connectivity index (χ0) is 16.2. The van der Waals surface area contributed by atoms with Crippen molar-refractivity contribution in [1.29, 1.82) is 0 Å². The molecule has 0 aliphatic heterocycles. The molecule has 0 unspecified atom stereocenters. The molecule has 2 amide bonds. The summed E-state index contributed by atoms with van der Waals surface area (Å²) >= 11 is 2.96. The van der Waals surface area contributed by atoms with Gasteiger partial charge in [0.1, 0.15) is 11.9 Å². The number of aryl methyl sites for hydroxylation is 1. The first-order valence-corrected chi connectivity index (χ1v) is 6.47. The molecule has 9 heteroatoms. The van der Waals surface area contributed by atoms with Gasteiger partial charge in [0.2, 0.25) is 0 Å². The van der Waals surface area contributed by atoms with Crippen molar-refractivity contribution < 1.29 is 29.0 Å². The lowest BCUT2D eigenvalue weighted by molar-refractivity contribution is -0.145. The van der Waals surface area contributed by atoms with Gasteiger partial charge in [0.25, 0.3) is 0 Å². The lowest BCUT2D eigenvalue weighted by Gasteiger charge is -2.14. The highest BCUT2D eigenvalue weighted by molar-refractivity contribution is 9.10. The molecule has 0 heterocycles.